The lowest BCUT2D eigenvalue weighted by molar-refractivity contribution is 0.102. The molecule has 0 spiro atoms. The fraction of sp³-hybridized carbons (Fsp3) is 0.458. The van der Waals surface area contributed by atoms with Crippen molar-refractivity contribution in [3.05, 3.63) is 53.6 Å². The zero-order valence-corrected chi connectivity index (χ0v) is 20.1. The molecule has 3 rings (SSSR count). The molecule has 2 aromatic carbocycles. The van der Waals surface area contributed by atoms with Crippen molar-refractivity contribution in [1.82, 2.24) is 4.31 Å². The van der Waals surface area contributed by atoms with E-state index in [0.717, 1.165) is 11.3 Å². The van der Waals surface area contributed by atoms with Gasteiger partial charge in [-0.3, -0.25) is 4.79 Å². The number of hydrogen-bond acceptors (Lipinski definition) is 5. The molecule has 1 N–H and O–H groups in total. The summed E-state index contributed by atoms with van der Waals surface area (Å²) >= 11 is 0. The monoisotopic (exact) mass is 459 g/mol. The zero-order valence-electron chi connectivity index (χ0n) is 19.3. The molecule has 0 aromatic heterocycles. The van der Waals surface area contributed by atoms with Crippen LogP contribution < -0.4 is 10.2 Å². The Morgan fingerprint density at radius 2 is 1.69 bits per heavy atom. The van der Waals surface area contributed by atoms with Crippen molar-refractivity contribution in [2.45, 2.75) is 38.5 Å². The highest BCUT2D eigenvalue weighted by Crippen LogP contribution is 2.31. The fourth-order valence-electron chi connectivity index (χ4n) is 3.78. The van der Waals surface area contributed by atoms with Gasteiger partial charge in [0.1, 0.15) is 0 Å². The third kappa shape index (κ3) is 5.31. The minimum Gasteiger partial charge on any atom is -0.378 e. The average molecular weight is 460 g/mol. The van der Waals surface area contributed by atoms with Crippen LogP contribution in [0.5, 0.6) is 0 Å². The molecular formula is C24H33N3O4S. The Balaban J connectivity index is 1.97. The Bertz CT molecular complexity index is 1030. The summed E-state index contributed by atoms with van der Waals surface area (Å²) in [6.07, 6.45) is 0. The number of sulfonamides is 1. The summed E-state index contributed by atoms with van der Waals surface area (Å²) in [5, 5.41) is 2.96. The lowest BCUT2D eigenvalue weighted by atomic mass is 10.0. The number of anilines is 2. The largest absolute Gasteiger partial charge is 0.378 e. The standard InChI is InChI=1S/C24H33N3O4S/c1-5-27(6-2)32(29,30)21-11-12-23(26-13-15-31-16-14-26)22(17-21)25-24(28)20-9-7-19(8-10-20)18(3)4/h7-12,17-18H,5-6,13-16H2,1-4H3,(H,25,28). The molecule has 0 saturated carbocycles. The number of benzene rings is 2. The Hall–Kier alpha value is -2.42. The van der Waals surface area contributed by atoms with Crippen LogP contribution in [0.1, 0.15) is 49.5 Å². The molecule has 1 amide bonds. The number of ether oxygens (including phenoxy) is 1. The van der Waals surface area contributed by atoms with Crippen molar-refractivity contribution < 1.29 is 17.9 Å². The number of rotatable bonds is 8. The quantitative estimate of drug-likeness (QED) is 0.647. The first-order valence-corrected chi connectivity index (χ1v) is 12.6. The molecule has 0 radical (unpaired) electrons. The van der Waals surface area contributed by atoms with E-state index in [1.165, 1.54) is 4.31 Å². The second kappa shape index (κ2) is 10.5. The Kier molecular flexibility index (Phi) is 7.92. The number of nitrogens with one attached hydrogen (secondary N) is 1. The van der Waals surface area contributed by atoms with Gasteiger partial charge in [-0.1, -0.05) is 39.8 Å². The fourth-order valence-corrected chi connectivity index (χ4v) is 5.27. The molecule has 0 unspecified atom stereocenters. The number of carbonyl (C=O) groups is 1. The van der Waals surface area contributed by atoms with E-state index in [4.69, 9.17) is 4.74 Å². The summed E-state index contributed by atoms with van der Waals surface area (Å²) in [5.41, 5.74) is 2.96. The molecule has 1 saturated heterocycles. The zero-order chi connectivity index (χ0) is 23.3. The summed E-state index contributed by atoms with van der Waals surface area (Å²) in [7, 11) is -3.65. The van der Waals surface area contributed by atoms with Gasteiger partial charge in [0.2, 0.25) is 10.0 Å². The van der Waals surface area contributed by atoms with Gasteiger partial charge < -0.3 is 15.0 Å². The third-order valence-corrected chi connectivity index (χ3v) is 7.80. The van der Waals surface area contributed by atoms with Gasteiger partial charge in [-0.2, -0.15) is 4.31 Å². The molecule has 32 heavy (non-hydrogen) atoms. The van der Waals surface area contributed by atoms with Gasteiger partial charge in [0.05, 0.1) is 29.5 Å². The number of amides is 1. The number of morpholine rings is 1. The van der Waals surface area contributed by atoms with Crippen LogP contribution in [-0.2, 0) is 14.8 Å². The van der Waals surface area contributed by atoms with E-state index in [-0.39, 0.29) is 10.8 Å². The Morgan fingerprint density at radius 3 is 2.25 bits per heavy atom. The highest BCUT2D eigenvalue weighted by atomic mass is 32.2. The molecule has 174 valence electrons. The molecule has 0 atom stereocenters. The minimum atomic E-state index is -3.65. The highest BCUT2D eigenvalue weighted by Gasteiger charge is 2.25. The predicted molar refractivity (Wildman–Crippen MR) is 128 cm³/mol. The first kappa shape index (κ1) is 24.2. The van der Waals surface area contributed by atoms with E-state index in [9.17, 15) is 13.2 Å². The van der Waals surface area contributed by atoms with Crippen LogP contribution >= 0.6 is 0 Å². The maximum absolute atomic E-state index is 13.1. The molecule has 1 heterocycles. The van der Waals surface area contributed by atoms with Crippen LogP contribution in [0.15, 0.2) is 47.4 Å². The molecule has 1 fully saturated rings. The van der Waals surface area contributed by atoms with E-state index in [2.05, 4.69) is 24.1 Å². The maximum Gasteiger partial charge on any atom is 0.255 e. The van der Waals surface area contributed by atoms with Crippen molar-refractivity contribution in [2.24, 2.45) is 0 Å². The average Bonchev–Trinajstić information content (AvgIpc) is 2.80. The molecular weight excluding hydrogens is 426 g/mol. The summed E-state index contributed by atoms with van der Waals surface area (Å²) in [4.78, 5) is 15.3. The smallest absolute Gasteiger partial charge is 0.255 e. The van der Waals surface area contributed by atoms with Crippen LogP contribution in [0.4, 0.5) is 11.4 Å². The van der Waals surface area contributed by atoms with Gasteiger partial charge in [-0.25, -0.2) is 8.42 Å². The van der Waals surface area contributed by atoms with Crippen LogP contribution in [0.3, 0.4) is 0 Å². The van der Waals surface area contributed by atoms with Gasteiger partial charge in [-0.05, 0) is 41.8 Å². The SMILES string of the molecule is CCN(CC)S(=O)(=O)c1ccc(N2CCOCC2)c(NC(=O)c2ccc(C(C)C)cc2)c1. The van der Waals surface area contributed by atoms with Gasteiger partial charge >= 0.3 is 0 Å². The van der Waals surface area contributed by atoms with Crippen molar-refractivity contribution >= 4 is 27.3 Å². The molecule has 2 aromatic rings. The molecule has 1 aliphatic rings. The Labute approximate surface area is 191 Å². The molecule has 0 bridgehead atoms. The lowest BCUT2D eigenvalue weighted by Gasteiger charge is -2.31. The third-order valence-electron chi connectivity index (χ3n) is 5.75. The van der Waals surface area contributed by atoms with Gasteiger partial charge in [0.25, 0.3) is 5.91 Å². The van der Waals surface area contributed by atoms with Crippen molar-refractivity contribution in [3.63, 3.8) is 0 Å². The molecule has 7 nitrogen and oxygen atoms in total. The van der Waals surface area contributed by atoms with E-state index < -0.39 is 10.0 Å². The summed E-state index contributed by atoms with van der Waals surface area (Å²) in [6.45, 7) is 11.1. The number of carbonyl (C=O) groups excluding carboxylic acids is 1. The minimum absolute atomic E-state index is 0.170. The molecule has 0 aliphatic carbocycles. The lowest BCUT2D eigenvalue weighted by Crippen LogP contribution is -2.37. The summed E-state index contributed by atoms with van der Waals surface area (Å²) in [6, 6.07) is 12.5. The predicted octanol–water partition coefficient (Wildman–Crippen LogP) is 3.93. The molecule has 8 heteroatoms. The van der Waals surface area contributed by atoms with Gasteiger partial charge in [0, 0.05) is 31.7 Å². The van der Waals surface area contributed by atoms with Crippen LogP contribution in [0.25, 0.3) is 0 Å². The van der Waals surface area contributed by atoms with Crippen molar-refractivity contribution in [2.75, 3.05) is 49.6 Å². The normalized spacial score (nSPS) is 14.8. The first-order valence-electron chi connectivity index (χ1n) is 11.2. The topological polar surface area (TPSA) is 79.0 Å². The van der Waals surface area contributed by atoms with Crippen molar-refractivity contribution in [3.8, 4) is 0 Å². The van der Waals surface area contributed by atoms with E-state index in [1.807, 2.05) is 26.0 Å². The van der Waals surface area contributed by atoms with Gasteiger partial charge in [-0.15, -0.1) is 0 Å². The summed E-state index contributed by atoms with van der Waals surface area (Å²) in [5.74, 6) is 0.106. The van der Waals surface area contributed by atoms with E-state index in [1.54, 1.807) is 30.3 Å². The maximum atomic E-state index is 13.1. The van der Waals surface area contributed by atoms with Crippen LogP contribution in [-0.4, -0.2) is 58.0 Å². The second-order valence-corrected chi connectivity index (χ2v) is 10.0. The van der Waals surface area contributed by atoms with Crippen molar-refractivity contribution in [1.29, 1.82) is 0 Å². The van der Waals surface area contributed by atoms with E-state index in [0.29, 0.717) is 56.6 Å². The Morgan fingerprint density at radius 1 is 1.06 bits per heavy atom. The second-order valence-electron chi connectivity index (χ2n) is 8.10. The number of hydrogen-bond donors (Lipinski definition) is 1. The van der Waals surface area contributed by atoms with Crippen LogP contribution in [0, 0.1) is 0 Å². The van der Waals surface area contributed by atoms with Crippen LogP contribution in [0.2, 0.25) is 0 Å². The number of nitrogens with zero attached hydrogens (tertiary/aromatic N) is 2. The summed E-state index contributed by atoms with van der Waals surface area (Å²) < 4.78 is 33.0. The molecule has 1 aliphatic heterocycles. The highest BCUT2D eigenvalue weighted by molar-refractivity contribution is 7.89. The van der Waals surface area contributed by atoms with Gasteiger partial charge in [0.15, 0.2) is 0 Å². The first-order chi connectivity index (χ1) is 15.3. The van der Waals surface area contributed by atoms with E-state index >= 15 is 0 Å².